The van der Waals surface area contributed by atoms with Gasteiger partial charge in [-0.25, -0.2) is 8.42 Å². The molecule has 1 aromatic rings. The minimum atomic E-state index is -3.26. The maximum absolute atomic E-state index is 11.8. The molecule has 20 heavy (non-hydrogen) atoms. The van der Waals surface area contributed by atoms with Crippen molar-refractivity contribution in [2.45, 2.75) is 51.1 Å². The van der Waals surface area contributed by atoms with Gasteiger partial charge in [0.2, 0.25) is 0 Å². The molecule has 0 aliphatic heterocycles. The van der Waals surface area contributed by atoms with Crippen LogP contribution in [0.1, 0.15) is 39.2 Å². The van der Waals surface area contributed by atoms with Crippen LogP contribution in [0.5, 0.6) is 0 Å². The van der Waals surface area contributed by atoms with E-state index in [4.69, 9.17) is 11.6 Å². The van der Waals surface area contributed by atoms with E-state index in [1.807, 2.05) is 0 Å². The van der Waals surface area contributed by atoms with E-state index in [-0.39, 0.29) is 0 Å². The van der Waals surface area contributed by atoms with E-state index in [1.165, 1.54) is 6.26 Å². The number of benzene rings is 1. The van der Waals surface area contributed by atoms with Gasteiger partial charge in [0.1, 0.15) is 0 Å². The van der Waals surface area contributed by atoms with E-state index < -0.39 is 9.84 Å². The summed E-state index contributed by atoms with van der Waals surface area (Å²) >= 11 is 6.16. The molecule has 0 bridgehead atoms. The largest absolute Gasteiger partial charge is 0.310 e. The van der Waals surface area contributed by atoms with Crippen LogP contribution in [0.3, 0.4) is 0 Å². The van der Waals surface area contributed by atoms with Crippen molar-refractivity contribution in [3.63, 3.8) is 0 Å². The van der Waals surface area contributed by atoms with Gasteiger partial charge >= 0.3 is 0 Å². The number of hydrogen-bond donors (Lipinski definition) is 1. The summed E-state index contributed by atoms with van der Waals surface area (Å²) in [7, 11) is -3.26. The lowest BCUT2D eigenvalue weighted by Crippen LogP contribution is -2.33. The summed E-state index contributed by atoms with van der Waals surface area (Å²) < 4.78 is 23.6. The predicted octanol–water partition coefficient (Wildman–Crippen LogP) is 3.66. The van der Waals surface area contributed by atoms with Gasteiger partial charge in [-0.2, -0.15) is 0 Å². The Morgan fingerprint density at radius 2 is 1.85 bits per heavy atom. The van der Waals surface area contributed by atoms with Crippen LogP contribution in [0.15, 0.2) is 23.1 Å². The second-order valence-electron chi connectivity index (χ2n) is 5.23. The number of hydrogen-bond acceptors (Lipinski definition) is 3. The average molecular weight is 318 g/mol. The van der Waals surface area contributed by atoms with Crippen LogP contribution in [0, 0.1) is 5.92 Å². The molecular formula is C15H24ClNO2S. The molecule has 0 saturated carbocycles. The molecule has 0 aliphatic carbocycles. The fraction of sp³-hybridized carbons (Fsp3) is 0.600. The van der Waals surface area contributed by atoms with E-state index in [2.05, 4.69) is 26.1 Å². The van der Waals surface area contributed by atoms with Crippen LogP contribution < -0.4 is 5.32 Å². The molecule has 0 saturated heterocycles. The first-order chi connectivity index (χ1) is 9.31. The minimum absolute atomic E-state index is 0.314. The summed E-state index contributed by atoms with van der Waals surface area (Å²) in [5, 5.41) is 3.90. The summed E-state index contributed by atoms with van der Waals surface area (Å²) in [5.41, 5.74) is 0.662. The van der Waals surface area contributed by atoms with Crippen molar-refractivity contribution in [1.29, 1.82) is 0 Å². The highest BCUT2D eigenvalue weighted by Crippen LogP contribution is 2.24. The molecule has 0 amide bonds. The van der Waals surface area contributed by atoms with Gasteiger partial charge in [-0.1, -0.05) is 44.4 Å². The van der Waals surface area contributed by atoms with Gasteiger partial charge < -0.3 is 5.32 Å². The Morgan fingerprint density at radius 1 is 1.25 bits per heavy atom. The van der Waals surface area contributed by atoms with Crippen LogP contribution in [0.25, 0.3) is 0 Å². The number of sulfone groups is 1. The number of halogens is 1. The summed E-state index contributed by atoms with van der Waals surface area (Å²) in [4.78, 5) is 0.314. The Bertz CT molecular complexity index is 539. The summed E-state index contributed by atoms with van der Waals surface area (Å²) in [6, 6.07) is 5.34. The van der Waals surface area contributed by atoms with Crippen molar-refractivity contribution >= 4 is 21.4 Å². The van der Waals surface area contributed by atoms with E-state index in [0.29, 0.717) is 34.0 Å². The Labute approximate surface area is 127 Å². The van der Waals surface area contributed by atoms with Crippen molar-refractivity contribution < 1.29 is 8.42 Å². The van der Waals surface area contributed by atoms with Gasteiger partial charge in [0.25, 0.3) is 0 Å². The molecule has 114 valence electrons. The van der Waals surface area contributed by atoms with Crippen molar-refractivity contribution in [1.82, 2.24) is 5.32 Å². The molecule has 1 N–H and O–H groups in total. The second kappa shape index (κ2) is 7.43. The van der Waals surface area contributed by atoms with Gasteiger partial charge in [-0.3, -0.25) is 0 Å². The van der Waals surface area contributed by atoms with Crippen LogP contribution >= 0.6 is 11.6 Å². The predicted molar refractivity (Wildman–Crippen MR) is 84.9 cm³/mol. The van der Waals surface area contributed by atoms with E-state index in [1.54, 1.807) is 18.2 Å². The molecular weight excluding hydrogens is 294 g/mol. The molecule has 5 heteroatoms. The molecule has 0 fully saturated rings. The Balaban J connectivity index is 2.93. The molecule has 0 spiro atoms. The molecule has 0 radical (unpaired) electrons. The SMILES string of the molecule is CCC(CC)C(C)NCc1c(Cl)cccc1S(C)(=O)=O. The number of rotatable bonds is 7. The molecule has 1 aromatic carbocycles. The first kappa shape index (κ1) is 17.5. The molecule has 0 heterocycles. The van der Waals surface area contributed by atoms with Crippen molar-refractivity contribution in [3.05, 3.63) is 28.8 Å². The van der Waals surface area contributed by atoms with Gasteiger partial charge in [-0.15, -0.1) is 0 Å². The van der Waals surface area contributed by atoms with E-state index in [9.17, 15) is 8.42 Å². The topological polar surface area (TPSA) is 46.2 Å². The van der Waals surface area contributed by atoms with Gasteiger partial charge in [0, 0.05) is 29.4 Å². The lowest BCUT2D eigenvalue weighted by Gasteiger charge is -2.23. The van der Waals surface area contributed by atoms with Crippen molar-refractivity contribution in [2.24, 2.45) is 5.92 Å². The smallest absolute Gasteiger partial charge is 0.175 e. The quantitative estimate of drug-likeness (QED) is 0.835. The fourth-order valence-corrected chi connectivity index (χ4v) is 3.74. The Morgan fingerprint density at radius 3 is 2.35 bits per heavy atom. The third-order valence-corrected chi connectivity index (χ3v) is 5.37. The third kappa shape index (κ3) is 4.47. The summed E-state index contributed by atoms with van der Waals surface area (Å²) in [6.45, 7) is 6.95. The van der Waals surface area contributed by atoms with Crippen LogP contribution in [0.2, 0.25) is 5.02 Å². The lowest BCUT2D eigenvalue weighted by atomic mass is 9.95. The van der Waals surface area contributed by atoms with E-state index >= 15 is 0 Å². The number of nitrogens with one attached hydrogen (secondary N) is 1. The zero-order valence-corrected chi connectivity index (χ0v) is 14.2. The second-order valence-corrected chi connectivity index (χ2v) is 7.63. The van der Waals surface area contributed by atoms with Crippen molar-refractivity contribution in [2.75, 3.05) is 6.26 Å². The normalized spacial score (nSPS) is 13.7. The molecule has 3 nitrogen and oxygen atoms in total. The zero-order valence-electron chi connectivity index (χ0n) is 12.6. The monoisotopic (exact) mass is 317 g/mol. The van der Waals surface area contributed by atoms with Gasteiger partial charge in [-0.05, 0) is 25.0 Å². The highest BCUT2D eigenvalue weighted by molar-refractivity contribution is 7.90. The Hall–Kier alpha value is -0.580. The summed E-state index contributed by atoms with van der Waals surface area (Å²) in [6.07, 6.45) is 3.42. The van der Waals surface area contributed by atoms with Crippen LogP contribution in [0.4, 0.5) is 0 Å². The standard InChI is InChI=1S/C15H24ClNO2S/c1-5-12(6-2)11(3)17-10-13-14(16)8-7-9-15(13)20(4,18)19/h7-9,11-12,17H,5-6,10H2,1-4H3. The first-order valence-corrected chi connectivity index (χ1v) is 9.29. The average Bonchev–Trinajstić information content (AvgIpc) is 2.37. The lowest BCUT2D eigenvalue weighted by molar-refractivity contribution is 0.352. The zero-order chi connectivity index (χ0) is 15.3. The Kier molecular flexibility index (Phi) is 6.49. The van der Waals surface area contributed by atoms with Gasteiger partial charge in [0.15, 0.2) is 9.84 Å². The van der Waals surface area contributed by atoms with Gasteiger partial charge in [0.05, 0.1) is 4.90 Å². The van der Waals surface area contributed by atoms with Crippen LogP contribution in [-0.2, 0) is 16.4 Å². The van der Waals surface area contributed by atoms with Crippen molar-refractivity contribution in [3.8, 4) is 0 Å². The molecule has 1 rings (SSSR count). The minimum Gasteiger partial charge on any atom is -0.310 e. The third-order valence-electron chi connectivity index (χ3n) is 3.83. The highest BCUT2D eigenvalue weighted by atomic mass is 35.5. The maximum Gasteiger partial charge on any atom is 0.175 e. The summed E-state index contributed by atoms with van der Waals surface area (Å²) in [5.74, 6) is 0.583. The molecule has 0 aliphatic rings. The highest BCUT2D eigenvalue weighted by Gasteiger charge is 2.18. The first-order valence-electron chi connectivity index (χ1n) is 7.02. The molecule has 1 atom stereocenters. The maximum atomic E-state index is 11.8. The fourth-order valence-electron chi connectivity index (χ4n) is 2.48. The molecule has 0 aromatic heterocycles. The van der Waals surface area contributed by atoms with Crippen LogP contribution in [-0.4, -0.2) is 20.7 Å². The van der Waals surface area contributed by atoms with E-state index in [0.717, 1.165) is 12.8 Å². The molecule has 1 unspecified atom stereocenters.